The number of amides is 1. The lowest BCUT2D eigenvalue weighted by atomic mass is 10.1. The molecule has 0 saturated heterocycles. The van der Waals surface area contributed by atoms with Crippen LogP contribution in [0.15, 0.2) is 42.5 Å². The van der Waals surface area contributed by atoms with Gasteiger partial charge in [0.05, 0.1) is 21.1 Å². The van der Waals surface area contributed by atoms with Gasteiger partial charge < -0.3 is 4.74 Å². The lowest BCUT2D eigenvalue weighted by Gasteiger charge is -2.11. The molecule has 2 rings (SSSR count). The minimum absolute atomic E-state index is 0.127. The smallest absolute Gasteiger partial charge is 0.412 e. The molecule has 0 heterocycles. The summed E-state index contributed by atoms with van der Waals surface area (Å²) in [4.78, 5) is 23.5. The van der Waals surface area contributed by atoms with E-state index in [4.69, 9.17) is 27.9 Å². The molecular formula is C16H12BrCl2NO3. The Morgan fingerprint density at radius 3 is 2.26 bits per heavy atom. The Bertz CT molecular complexity index is 700. The highest BCUT2D eigenvalue weighted by molar-refractivity contribution is 9.09. The zero-order valence-electron chi connectivity index (χ0n) is 11.8. The first kappa shape index (κ1) is 17.8. The van der Waals surface area contributed by atoms with Crippen molar-refractivity contribution in [2.45, 2.75) is 6.61 Å². The molecule has 4 nitrogen and oxygen atoms in total. The average Bonchev–Trinajstić information content (AvgIpc) is 2.56. The third-order valence-corrected chi connectivity index (χ3v) is 4.03. The highest BCUT2D eigenvalue weighted by Gasteiger charge is 2.15. The van der Waals surface area contributed by atoms with Crippen LogP contribution in [0.25, 0.3) is 0 Å². The van der Waals surface area contributed by atoms with Crippen LogP contribution in [0.4, 0.5) is 10.5 Å². The summed E-state index contributed by atoms with van der Waals surface area (Å²) < 4.78 is 5.10. The third kappa shape index (κ3) is 4.96. The first-order valence-electron chi connectivity index (χ1n) is 6.57. The van der Waals surface area contributed by atoms with Crippen molar-refractivity contribution in [3.8, 4) is 0 Å². The van der Waals surface area contributed by atoms with E-state index in [1.165, 1.54) is 12.1 Å². The zero-order valence-corrected chi connectivity index (χ0v) is 14.9. The van der Waals surface area contributed by atoms with E-state index in [9.17, 15) is 9.59 Å². The first-order valence-corrected chi connectivity index (χ1v) is 8.45. The van der Waals surface area contributed by atoms with E-state index in [2.05, 4.69) is 21.2 Å². The summed E-state index contributed by atoms with van der Waals surface area (Å²) in [6, 6.07) is 12.2. The maximum atomic E-state index is 11.8. The van der Waals surface area contributed by atoms with E-state index in [1.807, 2.05) is 30.3 Å². The molecule has 1 amide bonds. The van der Waals surface area contributed by atoms with E-state index in [0.29, 0.717) is 5.56 Å². The van der Waals surface area contributed by atoms with Gasteiger partial charge in [-0.05, 0) is 17.7 Å². The van der Waals surface area contributed by atoms with E-state index in [1.54, 1.807) is 0 Å². The molecular weight excluding hydrogens is 405 g/mol. The molecule has 1 N–H and O–H groups in total. The van der Waals surface area contributed by atoms with Gasteiger partial charge in [-0.25, -0.2) is 4.79 Å². The molecule has 0 aliphatic rings. The maximum absolute atomic E-state index is 11.8. The molecule has 0 aromatic heterocycles. The van der Waals surface area contributed by atoms with Gasteiger partial charge in [0.1, 0.15) is 6.61 Å². The molecule has 23 heavy (non-hydrogen) atoms. The Labute approximate surface area is 151 Å². The van der Waals surface area contributed by atoms with E-state index >= 15 is 0 Å². The minimum atomic E-state index is -0.683. The summed E-state index contributed by atoms with van der Waals surface area (Å²) in [7, 11) is 0. The lowest BCUT2D eigenvalue weighted by Crippen LogP contribution is -2.14. The normalized spacial score (nSPS) is 10.2. The lowest BCUT2D eigenvalue weighted by molar-refractivity contribution is 0.102. The number of Topliss-reactive ketones (excluding diaryl/α,β-unsaturated/α-hetero) is 1. The summed E-state index contributed by atoms with van der Waals surface area (Å²) >= 11 is 15.2. The Hall–Kier alpha value is -1.56. The predicted molar refractivity (Wildman–Crippen MR) is 94.8 cm³/mol. The van der Waals surface area contributed by atoms with Crippen molar-refractivity contribution >= 4 is 56.7 Å². The average molecular weight is 417 g/mol. The molecule has 0 unspecified atom stereocenters. The van der Waals surface area contributed by atoms with Crippen molar-refractivity contribution in [3.63, 3.8) is 0 Å². The Kier molecular flexibility index (Phi) is 6.45. The van der Waals surface area contributed by atoms with Crippen LogP contribution in [-0.4, -0.2) is 17.2 Å². The van der Waals surface area contributed by atoms with Gasteiger partial charge in [-0.1, -0.05) is 69.5 Å². The fourth-order valence-electron chi connectivity index (χ4n) is 1.79. The third-order valence-electron chi connectivity index (χ3n) is 2.93. The second-order valence-electron chi connectivity index (χ2n) is 4.56. The number of alkyl halides is 1. The molecule has 2 aromatic rings. The Morgan fingerprint density at radius 1 is 1.09 bits per heavy atom. The number of hydrogen-bond donors (Lipinski definition) is 1. The Morgan fingerprint density at radius 2 is 1.70 bits per heavy atom. The molecule has 0 aliphatic carbocycles. The Balaban J connectivity index is 2.04. The summed E-state index contributed by atoms with van der Waals surface area (Å²) in [6.07, 6.45) is -0.683. The summed E-state index contributed by atoms with van der Waals surface area (Å²) in [5.74, 6) is -0.160. The summed E-state index contributed by atoms with van der Waals surface area (Å²) in [5.41, 5.74) is 1.43. The predicted octanol–water partition coefficient (Wildman–Crippen LogP) is 5.32. The van der Waals surface area contributed by atoms with Gasteiger partial charge in [-0.15, -0.1) is 0 Å². The zero-order chi connectivity index (χ0) is 16.8. The number of carbonyl (C=O) groups excluding carboxylic acids is 2. The van der Waals surface area contributed by atoms with Crippen LogP contribution < -0.4 is 5.32 Å². The van der Waals surface area contributed by atoms with Crippen molar-refractivity contribution in [2.24, 2.45) is 0 Å². The molecule has 0 spiro atoms. The highest BCUT2D eigenvalue weighted by Crippen LogP contribution is 2.32. The quantitative estimate of drug-likeness (QED) is 0.530. The molecule has 120 valence electrons. The molecule has 0 radical (unpaired) electrons. The largest absolute Gasteiger partial charge is 0.444 e. The standard InChI is InChI=1S/C16H12BrCl2NO3/c17-8-14(21)11-6-12(18)15(13(19)7-11)20-16(22)23-9-10-4-2-1-3-5-10/h1-7H,8-9H2,(H,20,22). The molecule has 2 aromatic carbocycles. The van der Waals surface area contributed by atoms with Gasteiger partial charge in [0.15, 0.2) is 5.78 Å². The van der Waals surface area contributed by atoms with E-state index in [0.717, 1.165) is 5.56 Å². The monoisotopic (exact) mass is 415 g/mol. The SMILES string of the molecule is O=C(Nc1c(Cl)cc(C(=O)CBr)cc1Cl)OCc1ccccc1. The number of rotatable bonds is 5. The number of benzene rings is 2. The van der Waals surface area contributed by atoms with Crippen molar-refractivity contribution in [2.75, 3.05) is 10.6 Å². The number of ketones is 1. The number of ether oxygens (including phenoxy) is 1. The number of nitrogens with one attached hydrogen (secondary N) is 1. The highest BCUT2D eigenvalue weighted by atomic mass is 79.9. The topological polar surface area (TPSA) is 55.4 Å². The molecule has 0 saturated carbocycles. The number of anilines is 1. The van der Waals surface area contributed by atoms with Crippen LogP contribution >= 0.6 is 39.1 Å². The number of hydrogen-bond acceptors (Lipinski definition) is 3. The van der Waals surface area contributed by atoms with Crippen molar-refractivity contribution < 1.29 is 14.3 Å². The first-order chi connectivity index (χ1) is 11.0. The van der Waals surface area contributed by atoms with Crippen LogP contribution in [0.1, 0.15) is 15.9 Å². The van der Waals surface area contributed by atoms with Crippen LogP contribution in [0.2, 0.25) is 10.0 Å². The number of carbonyl (C=O) groups is 2. The second-order valence-corrected chi connectivity index (χ2v) is 5.93. The molecule has 0 bridgehead atoms. The van der Waals surface area contributed by atoms with Crippen molar-refractivity contribution in [3.05, 3.63) is 63.6 Å². The van der Waals surface area contributed by atoms with Crippen LogP contribution in [0, 0.1) is 0 Å². The summed E-state index contributed by atoms with van der Waals surface area (Å²) in [6.45, 7) is 0.127. The van der Waals surface area contributed by atoms with E-state index < -0.39 is 6.09 Å². The van der Waals surface area contributed by atoms with Crippen LogP contribution in [0.3, 0.4) is 0 Å². The second kappa shape index (κ2) is 8.34. The number of halogens is 3. The van der Waals surface area contributed by atoms with Gasteiger partial charge in [-0.2, -0.15) is 0 Å². The van der Waals surface area contributed by atoms with Crippen molar-refractivity contribution in [1.82, 2.24) is 0 Å². The van der Waals surface area contributed by atoms with Gasteiger partial charge >= 0.3 is 6.09 Å². The summed E-state index contributed by atoms with van der Waals surface area (Å²) in [5, 5.41) is 2.97. The van der Waals surface area contributed by atoms with Crippen LogP contribution in [0.5, 0.6) is 0 Å². The van der Waals surface area contributed by atoms with Crippen LogP contribution in [-0.2, 0) is 11.3 Å². The van der Waals surface area contributed by atoms with Gasteiger partial charge in [0, 0.05) is 5.56 Å². The van der Waals surface area contributed by atoms with Gasteiger partial charge in [-0.3, -0.25) is 10.1 Å². The fraction of sp³-hybridized carbons (Fsp3) is 0.125. The molecule has 0 fully saturated rings. The van der Waals surface area contributed by atoms with Crippen molar-refractivity contribution in [1.29, 1.82) is 0 Å². The molecule has 0 aliphatic heterocycles. The fourth-order valence-corrected chi connectivity index (χ4v) is 2.70. The minimum Gasteiger partial charge on any atom is -0.444 e. The molecule has 7 heteroatoms. The maximum Gasteiger partial charge on any atom is 0.412 e. The van der Waals surface area contributed by atoms with E-state index in [-0.39, 0.29) is 33.5 Å². The van der Waals surface area contributed by atoms with Gasteiger partial charge in [0.25, 0.3) is 0 Å². The molecule has 0 atom stereocenters. The van der Waals surface area contributed by atoms with Gasteiger partial charge in [0.2, 0.25) is 0 Å².